The van der Waals surface area contributed by atoms with Crippen molar-refractivity contribution in [3.63, 3.8) is 0 Å². The van der Waals surface area contributed by atoms with Gasteiger partial charge in [0.2, 0.25) is 10.0 Å². The molecular weight excluding hydrogens is 312 g/mol. The fourth-order valence-corrected chi connectivity index (χ4v) is 3.13. The van der Waals surface area contributed by atoms with Gasteiger partial charge in [-0.2, -0.15) is 0 Å². The number of aryl methyl sites for hydroxylation is 1. The number of benzene rings is 2. The van der Waals surface area contributed by atoms with Crippen molar-refractivity contribution in [2.45, 2.75) is 24.8 Å². The predicted octanol–water partition coefficient (Wildman–Crippen LogP) is 2.39. The molecule has 0 aliphatic carbocycles. The first-order valence-corrected chi connectivity index (χ1v) is 8.73. The van der Waals surface area contributed by atoms with E-state index in [0.717, 1.165) is 11.1 Å². The van der Waals surface area contributed by atoms with Gasteiger partial charge in [0.05, 0.1) is 10.9 Å². The van der Waals surface area contributed by atoms with E-state index in [-0.39, 0.29) is 16.8 Å². The van der Waals surface area contributed by atoms with E-state index in [2.05, 4.69) is 10.0 Å². The largest absolute Gasteiger partial charge is 0.346 e. The van der Waals surface area contributed by atoms with Crippen LogP contribution in [0, 0.1) is 6.92 Å². The van der Waals surface area contributed by atoms with Gasteiger partial charge in [-0.25, -0.2) is 13.1 Å². The maximum atomic E-state index is 12.4. The quantitative estimate of drug-likeness (QED) is 0.883. The maximum Gasteiger partial charge on any atom is 0.251 e. The van der Waals surface area contributed by atoms with Crippen LogP contribution in [0.2, 0.25) is 0 Å². The number of carbonyl (C=O) groups excluding carboxylic acids is 1. The average Bonchev–Trinajstić information content (AvgIpc) is 2.55. The highest BCUT2D eigenvalue weighted by atomic mass is 32.2. The number of carbonyl (C=O) groups is 1. The molecule has 0 heterocycles. The van der Waals surface area contributed by atoms with Crippen LogP contribution in [0.15, 0.2) is 53.4 Å². The molecule has 2 aromatic rings. The molecule has 0 aliphatic heterocycles. The Hall–Kier alpha value is -2.18. The summed E-state index contributed by atoms with van der Waals surface area (Å²) in [6.45, 7) is 3.88. The van der Waals surface area contributed by atoms with Gasteiger partial charge < -0.3 is 5.32 Å². The van der Waals surface area contributed by atoms with Gasteiger partial charge in [0.15, 0.2) is 0 Å². The standard InChI is InChI=1S/C17H20N2O3S/c1-12-7-4-5-10-16(12)13(2)19-17(20)14-8-6-9-15(11-14)23(21,22)18-3/h4-11,13,18H,1-3H3,(H,19,20). The predicted molar refractivity (Wildman–Crippen MR) is 89.7 cm³/mol. The van der Waals surface area contributed by atoms with Gasteiger partial charge in [-0.05, 0) is 50.2 Å². The molecular formula is C17H20N2O3S. The zero-order valence-corrected chi connectivity index (χ0v) is 14.1. The first-order valence-electron chi connectivity index (χ1n) is 7.25. The van der Waals surface area contributed by atoms with E-state index in [4.69, 9.17) is 0 Å². The third-order valence-electron chi connectivity index (χ3n) is 3.68. The van der Waals surface area contributed by atoms with Gasteiger partial charge in [0.1, 0.15) is 0 Å². The van der Waals surface area contributed by atoms with Gasteiger partial charge in [0.25, 0.3) is 5.91 Å². The van der Waals surface area contributed by atoms with Gasteiger partial charge in [-0.15, -0.1) is 0 Å². The summed E-state index contributed by atoms with van der Waals surface area (Å²) < 4.78 is 25.9. The number of hydrogen-bond acceptors (Lipinski definition) is 3. The van der Waals surface area contributed by atoms with Crippen LogP contribution in [0.5, 0.6) is 0 Å². The number of nitrogens with one attached hydrogen (secondary N) is 2. The molecule has 2 rings (SSSR count). The molecule has 6 heteroatoms. The normalized spacial score (nSPS) is 12.7. The Morgan fingerprint density at radius 2 is 1.78 bits per heavy atom. The van der Waals surface area contributed by atoms with E-state index in [1.54, 1.807) is 12.1 Å². The second-order valence-corrected chi connectivity index (χ2v) is 7.17. The summed E-state index contributed by atoms with van der Waals surface area (Å²) in [7, 11) is -2.24. The minimum Gasteiger partial charge on any atom is -0.346 e. The van der Waals surface area contributed by atoms with Crippen LogP contribution in [0.1, 0.15) is 34.5 Å². The van der Waals surface area contributed by atoms with Crippen LogP contribution in [0.4, 0.5) is 0 Å². The summed E-state index contributed by atoms with van der Waals surface area (Å²) in [5.74, 6) is -0.311. The third kappa shape index (κ3) is 3.97. The van der Waals surface area contributed by atoms with Crippen LogP contribution in [-0.2, 0) is 10.0 Å². The molecule has 0 spiro atoms. The Bertz CT molecular complexity index is 816. The van der Waals surface area contributed by atoms with Gasteiger partial charge in [0, 0.05) is 5.56 Å². The lowest BCUT2D eigenvalue weighted by molar-refractivity contribution is 0.0939. The van der Waals surface area contributed by atoms with Crippen LogP contribution >= 0.6 is 0 Å². The molecule has 0 bridgehead atoms. The highest BCUT2D eigenvalue weighted by molar-refractivity contribution is 7.89. The van der Waals surface area contributed by atoms with Crippen LogP contribution in [0.3, 0.4) is 0 Å². The second-order valence-electron chi connectivity index (χ2n) is 5.29. The average molecular weight is 332 g/mol. The first-order chi connectivity index (χ1) is 10.8. The van der Waals surface area contributed by atoms with Crippen molar-refractivity contribution in [1.82, 2.24) is 10.0 Å². The Balaban J connectivity index is 2.22. The Morgan fingerprint density at radius 3 is 2.43 bits per heavy atom. The van der Waals surface area contributed by atoms with E-state index < -0.39 is 10.0 Å². The first kappa shape index (κ1) is 17.2. The molecule has 1 atom stereocenters. The minimum atomic E-state index is -3.57. The van der Waals surface area contributed by atoms with E-state index in [0.29, 0.717) is 5.56 Å². The molecule has 2 N–H and O–H groups in total. The molecule has 0 saturated carbocycles. The maximum absolute atomic E-state index is 12.4. The number of hydrogen-bond donors (Lipinski definition) is 2. The molecule has 0 aliphatic rings. The smallest absolute Gasteiger partial charge is 0.251 e. The lowest BCUT2D eigenvalue weighted by Gasteiger charge is -2.17. The molecule has 0 radical (unpaired) electrons. The van der Waals surface area contributed by atoms with Crippen molar-refractivity contribution in [3.8, 4) is 0 Å². The summed E-state index contributed by atoms with van der Waals surface area (Å²) in [5, 5.41) is 2.90. The molecule has 0 aromatic heterocycles. The molecule has 5 nitrogen and oxygen atoms in total. The molecule has 1 unspecified atom stereocenters. The third-order valence-corrected chi connectivity index (χ3v) is 5.09. The topological polar surface area (TPSA) is 75.3 Å². The number of rotatable bonds is 5. The second kappa shape index (κ2) is 6.93. The summed E-state index contributed by atoms with van der Waals surface area (Å²) in [6.07, 6.45) is 0. The van der Waals surface area contributed by atoms with Crippen molar-refractivity contribution in [1.29, 1.82) is 0 Å². The van der Waals surface area contributed by atoms with E-state index in [1.165, 1.54) is 19.2 Å². The van der Waals surface area contributed by atoms with Crippen molar-refractivity contribution < 1.29 is 13.2 Å². The van der Waals surface area contributed by atoms with Gasteiger partial charge >= 0.3 is 0 Å². The lowest BCUT2D eigenvalue weighted by atomic mass is 10.0. The summed E-state index contributed by atoms with van der Waals surface area (Å²) in [5.41, 5.74) is 2.42. The minimum absolute atomic E-state index is 0.0659. The van der Waals surface area contributed by atoms with Crippen molar-refractivity contribution in [3.05, 3.63) is 65.2 Å². The summed E-state index contributed by atoms with van der Waals surface area (Å²) >= 11 is 0. The fourth-order valence-electron chi connectivity index (χ4n) is 2.35. The fraction of sp³-hybridized carbons (Fsp3) is 0.235. The van der Waals surface area contributed by atoms with Crippen molar-refractivity contribution in [2.75, 3.05) is 7.05 Å². The monoisotopic (exact) mass is 332 g/mol. The Labute approximate surface area is 136 Å². The molecule has 0 saturated heterocycles. The summed E-state index contributed by atoms with van der Waals surface area (Å²) in [6, 6.07) is 13.6. The molecule has 2 aromatic carbocycles. The molecule has 0 fully saturated rings. The van der Waals surface area contributed by atoms with Gasteiger partial charge in [-0.3, -0.25) is 4.79 Å². The van der Waals surface area contributed by atoms with Crippen LogP contribution < -0.4 is 10.0 Å². The highest BCUT2D eigenvalue weighted by Gasteiger charge is 2.16. The number of sulfonamides is 1. The SMILES string of the molecule is CNS(=O)(=O)c1cccc(C(=O)NC(C)c2ccccc2C)c1. The zero-order valence-electron chi connectivity index (χ0n) is 13.3. The molecule has 1 amide bonds. The highest BCUT2D eigenvalue weighted by Crippen LogP contribution is 2.18. The van der Waals surface area contributed by atoms with Crippen molar-refractivity contribution >= 4 is 15.9 Å². The molecule has 23 heavy (non-hydrogen) atoms. The summed E-state index contributed by atoms with van der Waals surface area (Å²) in [4.78, 5) is 12.4. The number of amides is 1. The molecule has 122 valence electrons. The van der Waals surface area contributed by atoms with E-state index in [9.17, 15) is 13.2 Å². The van der Waals surface area contributed by atoms with E-state index >= 15 is 0 Å². The van der Waals surface area contributed by atoms with E-state index in [1.807, 2.05) is 38.1 Å². The lowest BCUT2D eigenvalue weighted by Crippen LogP contribution is -2.27. The Morgan fingerprint density at radius 1 is 1.09 bits per heavy atom. The van der Waals surface area contributed by atoms with Crippen LogP contribution in [0.25, 0.3) is 0 Å². The Kier molecular flexibility index (Phi) is 5.18. The van der Waals surface area contributed by atoms with Crippen molar-refractivity contribution in [2.24, 2.45) is 0 Å². The van der Waals surface area contributed by atoms with Crippen LogP contribution in [-0.4, -0.2) is 21.4 Å². The zero-order chi connectivity index (χ0) is 17.0. The van der Waals surface area contributed by atoms with Gasteiger partial charge in [-0.1, -0.05) is 30.3 Å².